The third kappa shape index (κ3) is 1.72. The van der Waals surface area contributed by atoms with Gasteiger partial charge in [-0.1, -0.05) is 0 Å². The Morgan fingerprint density at radius 2 is 2.17 bits per heavy atom. The van der Waals surface area contributed by atoms with Gasteiger partial charge >= 0.3 is 0 Å². The van der Waals surface area contributed by atoms with Gasteiger partial charge < -0.3 is 4.42 Å². The van der Waals surface area contributed by atoms with Crippen LogP contribution in [0.15, 0.2) is 47.3 Å². The van der Waals surface area contributed by atoms with Gasteiger partial charge in [0.1, 0.15) is 5.76 Å². The molecule has 0 aliphatic heterocycles. The molecular formula is C14H13N3O. The number of hydrogen-bond donors (Lipinski definition) is 0. The van der Waals surface area contributed by atoms with Crippen molar-refractivity contribution in [2.75, 3.05) is 0 Å². The Morgan fingerprint density at radius 1 is 1.28 bits per heavy atom. The van der Waals surface area contributed by atoms with Gasteiger partial charge in [-0.15, -0.1) is 0 Å². The zero-order chi connectivity index (χ0) is 12.5. The Balaban J connectivity index is 2.12. The minimum atomic E-state index is 0.807. The van der Waals surface area contributed by atoms with Gasteiger partial charge in [-0.3, -0.25) is 9.67 Å². The Labute approximate surface area is 105 Å². The van der Waals surface area contributed by atoms with Crippen LogP contribution >= 0.6 is 0 Å². The second-order valence-electron chi connectivity index (χ2n) is 4.20. The van der Waals surface area contributed by atoms with Gasteiger partial charge in [0.25, 0.3) is 0 Å². The molecule has 4 nitrogen and oxygen atoms in total. The van der Waals surface area contributed by atoms with Crippen LogP contribution < -0.4 is 0 Å². The molecule has 0 bridgehead atoms. The van der Waals surface area contributed by atoms with Crippen molar-refractivity contribution in [3.8, 4) is 22.6 Å². The van der Waals surface area contributed by atoms with Gasteiger partial charge in [0, 0.05) is 36.3 Å². The molecule has 0 fully saturated rings. The van der Waals surface area contributed by atoms with Crippen LogP contribution in [-0.2, 0) is 7.05 Å². The number of hydrogen-bond acceptors (Lipinski definition) is 3. The van der Waals surface area contributed by atoms with E-state index in [0.29, 0.717) is 0 Å². The topological polar surface area (TPSA) is 43.9 Å². The van der Waals surface area contributed by atoms with Crippen molar-refractivity contribution in [1.82, 2.24) is 14.8 Å². The van der Waals surface area contributed by atoms with Crippen molar-refractivity contribution in [2.45, 2.75) is 6.92 Å². The van der Waals surface area contributed by atoms with Crippen molar-refractivity contribution >= 4 is 0 Å². The first-order chi connectivity index (χ1) is 8.75. The summed E-state index contributed by atoms with van der Waals surface area (Å²) in [5.41, 5.74) is 3.98. The predicted octanol–water partition coefficient (Wildman–Crippen LogP) is 3.05. The number of furan rings is 1. The van der Waals surface area contributed by atoms with Crippen LogP contribution in [0.3, 0.4) is 0 Å². The molecule has 0 amide bonds. The molecule has 3 aromatic rings. The maximum absolute atomic E-state index is 5.56. The van der Waals surface area contributed by atoms with Crippen LogP contribution in [0.1, 0.15) is 5.69 Å². The molecule has 3 rings (SSSR count). The number of rotatable bonds is 2. The maximum Gasteiger partial charge on any atom is 0.144 e. The van der Waals surface area contributed by atoms with Crippen molar-refractivity contribution in [3.05, 3.63) is 48.6 Å². The first-order valence-electron chi connectivity index (χ1n) is 5.74. The van der Waals surface area contributed by atoms with Gasteiger partial charge in [-0.25, -0.2) is 0 Å². The molecule has 0 unspecified atom stereocenters. The van der Waals surface area contributed by atoms with Crippen LogP contribution in [0.5, 0.6) is 0 Å². The molecule has 0 saturated heterocycles. The lowest BCUT2D eigenvalue weighted by atomic mass is 10.1. The van der Waals surface area contributed by atoms with Gasteiger partial charge in [-0.2, -0.15) is 5.10 Å². The second kappa shape index (κ2) is 4.14. The average molecular weight is 239 g/mol. The van der Waals surface area contributed by atoms with E-state index < -0.39 is 0 Å². The molecule has 0 saturated carbocycles. The Morgan fingerprint density at radius 3 is 2.83 bits per heavy atom. The Kier molecular flexibility index (Phi) is 2.48. The van der Waals surface area contributed by atoms with Crippen LogP contribution in [0.2, 0.25) is 0 Å². The normalized spacial score (nSPS) is 10.8. The molecule has 3 aromatic heterocycles. The number of aromatic nitrogens is 3. The summed E-state index contributed by atoms with van der Waals surface area (Å²) in [6, 6.07) is 7.85. The van der Waals surface area contributed by atoms with Crippen molar-refractivity contribution in [1.29, 1.82) is 0 Å². The van der Waals surface area contributed by atoms with E-state index in [9.17, 15) is 0 Å². The predicted molar refractivity (Wildman–Crippen MR) is 68.9 cm³/mol. The van der Waals surface area contributed by atoms with E-state index >= 15 is 0 Å². The second-order valence-corrected chi connectivity index (χ2v) is 4.20. The smallest absolute Gasteiger partial charge is 0.144 e. The highest BCUT2D eigenvalue weighted by Crippen LogP contribution is 2.32. The highest BCUT2D eigenvalue weighted by atomic mass is 16.3. The lowest BCUT2D eigenvalue weighted by Gasteiger charge is -1.99. The first kappa shape index (κ1) is 10.8. The van der Waals surface area contributed by atoms with Crippen molar-refractivity contribution in [3.63, 3.8) is 0 Å². The van der Waals surface area contributed by atoms with Gasteiger partial charge in [-0.05, 0) is 31.2 Å². The molecule has 90 valence electrons. The summed E-state index contributed by atoms with van der Waals surface area (Å²) < 4.78 is 7.42. The number of aryl methyl sites for hydroxylation is 2. The molecule has 0 aliphatic rings. The first-order valence-corrected chi connectivity index (χ1v) is 5.74. The van der Waals surface area contributed by atoms with Gasteiger partial charge in [0.05, 0.1) is 12.0 Å². The fourth-order valence-electron chi connectivity index (χ4n) is 1.92. The zero-order valence-corrected chi connectivity index (χ0v) is 10.3. The molecule has 18 heavy (non-hydrogen) atoms. The van der Waals surface area contributed by atoms with Crippen LogP contribution in [0, 0.1) is 6.92 Å². The van der Waals surface area contributed by atoms with Gasteiger partial charge in [0.2, 0.25) is 0 Å². The highest BCUT2D eigenvalue weighted by Gasteiger charge is 2.14. The zero-order valence-electron chi connectivity index (χ0n) is 10.3. The van der Waals surface area contributed by atoms with E-state index in [0.717, 1.165) is 28.3 Å². The maximum atomic E-state index is 5.56. The van der Waals surface area contributed by atoms with Crippen molar-refractivity contribution in [2.24, 2.45) is 7.05 Å². The largest absolute Gasteiger partial charge is 0.464 e. The van der Waals surface area contributed by atoms with E-state index in [-0.39, 0.29) is 0 Å². The Bertz CT molecular complexity index is 648. The third-order valence-corrected chi connectivity index (χ3v) is 2.98. The summed E-state index contributed by atoms with van der Waals surface area (Å²) in [6.45, 7) is 2.03. The Hall–Kier alpha value is -2.36. The van der Waals surface area contributed by atoms with Crippen LogP contribution in [0.25, 0.3) is 22.6 Å². The van der Waals surface area contributed by atoms with E-state index in [1.54, 1.807) is 18.7 Å². The lowest BCUT2D eigenvalue weighted by Crippen LogP contribution is -1.92. The summed E-state index contributed by atoms with van der Waals surface area (Å²) in [7, 11) is 1.93. The molecule has 0 aliphatic carbocycles. The van der Waals surface area contributed by atoms with E-state index in [4.69, 9.17) is 4.42 Å². The molecule has 0 N–H and O–H groups in total. The number of pyridine rings is 1. The van der Waals surface area contributed by atoms with Gasteiger partial charge in [0.15, 0.2) is 0 Å². The molecule has 0 aromatic carbocycles. The molecule has 3 heterocycles. The summed E-state index contributed by atoms with van der Waals surface area (Å²) >= 11 is 0. The summed E-state index contributed by atoms with van der Waals surface area (Å²) in [5.74, 6) is 0.807. The minimum absolute atomic E-state index is 0.807. The summed E-state index contributed by atoms with van der Waals surface area (Å²) in [4.78, 5) is 4.11. The fraction of sp³-hybridized carbons (Fsp3) is 0.143. The monoisotopic (exact) mass is 239 g/mol. The molecule has 0 spiro atoms. The number of nitrogens with zero attached hydrogens (tertiary/aromatic N) is 3. The third-order valence-electron chi connectivity index (χ3n) is 2.98. The van der Waals surface area contributed by atoms with E-state index in [1.165, 1.54) is 0 Å². The lowest BCUT2D eigenvalue weighted by molar-refractivity contribution is 0.582. The van der Waals surface area contributed by atoms with Crippen LogP contribution in [0.4, 0.5) is 0 Å². The van der Waals surface area contributed by atoms with Crippen LogP contribution in [-0.4, -0.2) is 14.8 Å². The standard InChI is InChI=1S/C14H13N3O/c1-10-8-13(16-17(10)2)12-5-7-18-14(12)11-4-3-6-15-9-11/h3-9H,1-2H3. The average Bonchev–Trinajstić information content (AvgIpc) is 2.98. The molecular weight excluding hydrogens is 226 g/mol. The highest BCUT2D eigenvalue weighted by molar-refractivity contribution is 5.77. The van der Waals surface area contributed by atoms with E-state index in [1.807, 2.05) is 42.9 Å². The van der Waals surface area contributed by atoms with E-state index in [2.05, 4.69) is 10.1 Å². The molecule has 4 heteroatoms. The summed E-state index contributed by atoms with van der Waals surface area (Å²) in [6.07, 6.45) is 5.22. The molecule has 0 radical (unpaired) electrons. The SMILES string of the molecule is Cc1cc(-c2ccoc2-c2cccnc2)nn1C. The molecule has 0 atom stereocenters. The minimum Gasteiger partial charge on any atom is -0.464 e. The summed E-state index contributed by atoms with van der Waals surface area (Å²) in [5, 5.41) is 4.48. The quantitative estimate of drug-likeness (QED) is 0.690. The van der Waals surface area contributed by atoms with Crippen molar-refractivity contribution < 1.29 is 4.42 Å². The fourth-order valence-corrected chi connectivity index (χ4v) is 1.92.